The quantitative estimate of drug-likeness (QED) is 0.824. The van der Waals surface area contributed by atoms with Gasteiger partial charge in [0.1, 0.15) is 0 Å². The minimum absolute atomic E-state index is 0.0156. The van der Waals surface area contributed by atoms with Crippen molar-refractivity contribution in [1.82, 2.24) is 4.98 Å². The van der Waals surface area contributed by atoms with Crippen LogP contribution in [-0.4, -0.2) is 16.4 Å². The maximum Gasteiger partial charge on any atom is 0.417 e. The van der Waals surface area contributed by atoms with Crippen LogP contribution in [0.15, 0.2) is 18.3 Å². The number of carbonyl (C=O) groups excluding carboxylic acids is 1. The monoisotopic (exact) mass is 247 g/mol. The highest BCUT2D eigenvalue weighted by Gasteiger charge is 2.31. The van der Waals surface area contributed by atoms with Crippen molar-refractivity contribution in [1.29, 1.82) is 0 Å². The van der Waals surface area contributed by atoms with Crippen molar-refractivity contribution >= 4 is 5.78 Å². The number of alkyl halides is 3. The fourth-order valence-electron chi connectivity index (χ4n) is 0.942. The van der Waals surface area contributed by atoms with Crippen molar-refractivity contribution in [3.8, 4) is 5.88 Å². The fraction of sp³-hybridized carbons (Fsp3) is 0.455. The number of hydrogen-bond acceptors (Lipinski definition) is 3. The van der Waals surface area contributed by atoms with Gasteiger partial charge in [-0.05, 0) is 26.8 Å². The second kappa shape index (κ2) is 4.35. The van der Waals surface area contributed by atoms with Crippen molar-refractivity contribution in [2.45, 2.75) is 32.5 Å². The van der Waals surface area contributed by atoms with Crippen molar-refractivity contribution in [3.63, 3.8) is 0 Å². The lowest BCUT2D eigenvalue weighted by molar-refractivity contribution is -0.138. The molecule has 3 nitrogen and oxygen atoms in total. The number of ketones is 1. The van der Waals surface area contributed by atoms with Crippen LogP contribution in [0.1, 0.15) is 26.3 Å². The standard InChI is InChI=1S/C11H12F3NO2/c1-7(16)10(2,3)17-9-5-4-8(6-15-9)11(12,13)14/h4-6H,1-3H3. The lowest BCUT2D eigenvalue weighted by Gasteiger charge is -2.22. The van der Waals surface area contributed by atoms with Crippen LogP contribution in [-0.2, 0) is 11.0 Å². The molecule has 0 saturated carbocycles. The molecule has 0 spiro atoms. The molecule has 0 fully saturated rings. The molecule has 94 valence electrons. The van der Waals surface area contributed by atoms with E-state index in [0.717, 1.165) is 12.1 Å². The van der Waals surface area contributed by atoms with Crippen LogP contribution < -0.4 is 4.74 Å². The van der Waals surface area contributed by atoms with E-state index in [9.17, 15) is 18.0 Å². The van der Waals surface area contributed by atoms with E-state index in [4.69, 9.17) is 4.74 Å². The Kier molecular flexibility index (Phi) is 3.45. The number of aromatic nitrogens is 1. The summed E-state index contributed by atoms with van der Waals surface area (Å²) in [5, 5.41) is 0. The zero-order chi connectivity index (χ0) is 13.3. The van der Waals surface area contributed by atoms with Gasteiger partial charge in [-0.1, -0.05) is 0 Å². The molecule has 0 unspecified atom stereocenters. The average molecular weight is 247 g/mol. The molecule has 0 aliphatic heterocycles. The summed E-state index contributed by atoms with van der Waals surface area (Å²) >= 11 is 0. The smallest absolute Gasteiger partial charge is 0.417 e. The molecule has 1 heterocycles. The van der Waals surface area contributed by atoms with Crippen molar-refractivity contribution in [2.75, 3.05) is 0 Å². The number of rotatable bonds is 3. The van der Waals surface area contributed by atoms with Crippen LogP contribution in [0.2, 0.25) is 0 Å². The Morgan fingerprint density at radius 1 is 1.29 bits per heavy atom. The van der Waals surface area contributed by atoms with E-state index >= 15 is 0 Å². The highest BCUT2D eigenvalue weighted by molar-refractivity contribution is 5.84. The summed E-state index contributed by atoms with van der Waals surface area (Å²) in [4.78, 5) is 14.7. The first kappa shape index (κ1) is 13.5. The van der Waals surface area contributed by atoms with E-state index in [1.807, 2.05) is 0 Å². The molecule has 0 aliphatic rings. The molecular weight excluding hydrogens is 235 g/mol. The molecule has 0 atom stereocenters. The number of nitrogens with zero attached hydrogens (tertiary/aromatic N) is 1. The maximum atomic E-state index is 12.3. The first-order valence-corrected chi connectivity index (χ1v) is 4.86. The Balaban J connectivity index is 2.86. The van der Waals surface area contributed by atoms with Gasteiger partial charge in [-0.3, -0.25) is 4.79 Å². The topological polar surface area (TPSA) is 39.2 Å². The van der Waals surface area contributed by atoms with Crippen LogP contribution in [0.5, 0.6) is 5.88 Å². The van der Waals surface area contributed by atoms with Gasteiger partial charge in [0.2, 0.25) is 5.88 Å². The third-order valence-electron chi connectivity index (χ3n) is 2.27. The third kappa shape index (κ3) is 3.44. The van der Waals surface area contributed by atoms with Crippen LogP contribution in [0, 0.1) is 0 Å². The van der Waals surface area contributed by atoms with Gasteiger partial charge in [0.05, 0.1) is 5.56 Å². The van der Waals surface area contributed by atoms with Crippen molar-refractivity contribution in [3.05, 3.63) is 23.9 Å². The van der Waals surface area contributed by atoms with Gasteiger partial charge in [-0.25, -0.2) is 4.98 Å². The summed E-state index contributed by atoms with van der Waals surface area (Å²) in [6, 6.07) is 1.95. The molecule has 0 saturated heterocycles. The summed E-state index contributed by atoms with van der Waals surface area (Å²) in [7, 11) is 0. The predicted octanol–water partition coefficient (Wildman–Crippen LogP) is 2.85. The molecule has 0 bridgehead atoms. The first-order valence-electron chi connectivity index (χ1n) is 4.86. The molecule has 0 aliphatic carbocycles. The van der Waals surface area contributed by atoms with E-state index in [0.29, 0.717) is 6.20 Å². The maximum absolute atomic E-state index is 12.3. The van der Waals surface area contributed by atoms with Crippen LogP contribution in [0.4, 0.5) is 13.2 Å². The second-order valence-corrected chi connectivity index (χ2v) is 4.05. The second-order valence-electron chi connectivity index (χ2n) is 4.05. The first-order chi connectivity index (χ1) is 7.63. The van der Waals surface area contributed by atoms with E-state index in [2.05, 4.69) is 4.98 Å². The molecule has 17 heavy (non-hydrogen) atoms. The number of hydrogen-bond donors (Lipinski definition) is 0. The van der Waals surface area contributed by atoms with E-state index < -0.39 is 17.3 Å². The minimum atomic E-state index is -4.43. The minimum Gasteiger partial charge on any atom is -0.464 e. The Hall–Kier alpha value is -1.59. The summed E-state index contributed by atoms with van der Waals surface area (Å²) in [6.07, 6.45) is -3.76. The summed E-state index contributed by atoms with van der Waals surface area (Å²) in [5.41, 5.74) is -1.96. The highest BCUT2D eigenvalue weighted by atomic mass is 19.4. The van der Waals surface area contributed by atoms with Gasteiger partial charge >= 0.3 is 6.18 Å². The molecule has 1 aromatic rings. The summed E-state index contributed by atoms with van der Waals surface area (Å²) in [6.45, 7) is 4.38. The average Bonchev–Trinajstić information content (AvgIpc) is 2.16. The third-order valence-corrected chi connectivity index (χ3v) is 2.27. The molecule has 1 aromatic heterocycles. The molecule has 0 amide bonds. The largest absolute Gasteiger partial charge is 0.464 e. The number of pyridine rings is 1. The van der Waals surface area contributed by atoms with Crippen LogP contribution >= 0.6 is 0 Å². The van der Waals surface area contributed by atoms with Crippen molar-refractivity contribution < 1.29 is 22.7 Å². The van der Waals surface area contributed by atoms with Crippen LogP contribution in [0.25, 0.3) is 0 Å². The SMILES string of the molecule is CC(=O)C(C)(C)Oc1ccc(C(F)(F)F)cn1. The normalized spacial score (nSPS) is 12.4. The molecule has 0 aromatic carbocycles. The Morgan fingerprint density at radius 2 is 1.88 bits per heavy atom. The van der Waals surface area contributed by atoms with Gasteiger partial charge in [0.25, 0.3) is 0 Å². The van der Waals surface area contributed by atoms with Gasteiger partial charge in [-0.2, -0.15) is 13.2 Å². The zero-order valence-electron chi connectivity index (χ0n) is 9.63. The molecule has 1 rings (SSSR count). The lowest BCUT2D eigenvalue weighted by Crippen LogP contribution is -2.36. The highest BCUT2D eigenvalue weighted by Crippen LogP contribution is 2.29. The van der Waals surface area contributed by atoms with Crippen molar-refractivity contribution in [2.24, 2.45) is 0 Å². The molecule has 0 radical (unpaired) electrons. The molecular formula is C11H12F3NO2. The van der Waals surface area contributed by atoms with Gasteiger partial charge in [0.15, 0.2) is 11.4 Å². The Morgan fingerprint density at radius 3 is 2.24 bits per heavy atom. The number of ether oxygens (including phenoxy) is 1. The van der Waals surface area contributed by atoms with Gasteiger partial charge in [-0.15, -0.1) is 0 Å². The zero-order valence-corrected chi connectivity index (χ0v) is 9.63. The number of halogens is 3. The van der Waals surface area contributed by atoms with Crippen LogP contribution in [0.3, 0.4) is 0 Å². The number of carbonyl (C=O) groups is 1. The van der Waals surface area contributed by atoms with E-state index in [1.54, 1.807) is 0 Å². The van der Waals surface area contributed by atoms with Gasteiger partial charge in [0, 0.05) is 12.3 Å². The summed E-state index contributed by atoms with van der Waals surface area (Å²) < 4.78 is 42.0. The fourth-order valence-corrected chi connectivity index (χ4v) is 0.942. The van der Waals surface area contributed by atoms with Gasteiger partial charge < -0.3 is 4.74 Å². The molecule has 6 heteroatoms. The lowest BCUT2D eigenvalue weighted by atomic mass is 10.1. The Bertz CT molecular complexity index is 410. The van der Waals surface area contributed by atoms with E-state index in [1.165, 1.54) is 20.8 Å². The molecule has 0 N–H and O–H groups in total. The predicted molar refractivity (Wildman–Crippen MR) is 54.6 cm³/mol. The summed E-state index contributed by atoms with van der Waals surface area (Å²) in [5.74, 6) is -0.252. The number of Topliss-reactive ketones (excluding diaryl/α,β-unsaturated/α-hetero) is 1. The van der Waals surface area contributed by atoms with E-state index in [-0.39, 0.29) is 11.7 Å². The Labute approximate surface area is 96.6 Å².